The van der Waals surface area contributed by atoms with Crippen LogP contribution in [0.3, 0.4) is 0 Å². The topological polar surface area (TPSA) is 105 Å². The molecule has 2 amide bonds. The third kappa shape index (κ3) is 8.06. The number of sulfonamides is 1. The molecule has 4 rings (SSSR count). The van der Waals surface area contributed by atoms with Crippen LogP contribution < -0.4 is 19.1 Å². The molecule has 0 spiro atoms. The lowest BCUT2D eigenvalue weighted by Crippen LogP contribution is -2.52. The molecule has 9 nitrogen and oxygen atoms in total. The summed E-state index contributed by atoms with van der Waals surface area (Å²) in [5, 5.41) is 3.09. The number of rotatable bonds is 14. The fourth-order valence-electron chi connectivity index (χ4n) is 5.23. The van der Waals surface area contributed by atoms with Crippen molar-refractivity contribution < 1.29 is 27.5 Å². The van der Waals surface area contributed by atoms with Crippen molar-refractivity contribution in [2.24, 2.45) is 0 Å². The normalized spacial score (nSPS) is 14.1. The minimum Gasteiger partial charge on any atom is -0.497 e. The first-order valence-corrected chi connectivity index (χ1v) is 17.5. The molecule has 1 fully saturated rings. The molecular formula is C33H41N3O6S2. The molecule has 3 aromatic rings. The van der Waals surface area contributed by atoms with Crippen LogP contribution in [-0.2, 0) is 26.2 Å². The van der Waals surface area contributed by atoms with Gasteiger partial charge in [-0.3, -0.25) is 13.9 Å². The molecule has 1 saturated carbocycles. The minimum atomic E-state index is -4.22. The summed E-state index contributed by atoms with van der Waals surface area (Å²) in [6.45, 7) is 3.37. The Labute approximate surface area is 265 Å². The molecule has 1 atom stereocenters. The number of methoxy groups -OCH3 is 1. The Morgan fingerprint density at radius 2 is 1.66 bits per heavy atom. The van der Waals surface area contributed by atoms with Crippen molar-refractivity contribution >= 4 is 39.3 Å². The van der Waals surface area contributed by atoms with Gasteiger partial charge in [-0.1, -0.05) is 37.1 Å². The number of hydrogen-bond acceptors (Lipinski definition) is 7. The summed E-state index contributed by atoms with van der Waals surface area (Å²) in [6, 6.07) is 19.7. The van der Waals surface area contributed by atoms with Crippen molar-refractivity contribution in [3.63, 3.8) is 0 Å². The van der Waals surface area contributed by atoms with Crippen LogP contribution in [0.15, 0.2) is 82.6 Å². The fourth-order valence-corrected chi connectivity index (χ4v) is 7.06. The zero-order valence-electron chi connectivity index (χ0n) is 25.7. The van der Waals surface area contributed by atoms with Crippen molar-refractivity contribution in [2.75, 3.05) is 30.8 Å². The summed E-state index contributed by atoms with van der Waals surface area (Å²) in [5.41, 5.74) is 1.01. The molecule has 236 valence electrons. The predicted octanol–water partition coefficient (Wildman–Crippen LogP) is 5.49. The number of thioether (sulfide) groups is 1. The summed E-state index contributed by atoms with van der Waals surface area (Å²) in [4.78, 5) is 30.1. The fraction of sp³-hybridized carbons (Fsp3) is 0.394. The molecule has 1 unspecified atom stereocenters. The largest absolute Gasteiger partial charge is 0.497 e. The van der Waals surface area contributed by atoms with Crippen LogP contribution >= 0.6 is 11.8 Å². The molecule has 0 aromatic heterocycles. The summed E-state index contributed by atoms with van der Waals surface area (Å²) in [5.74, 6) is 0.206. The number of nitrogens with one attached hydrogen (secondary N) is 1. The van der Waals surface area contributed by atoms with Gasteiger partial charge in [0.1, 0.15) is 24.1 Å². The van der Waals surface area contributed by atoms with E-state index in [1.807, 2.05) is 25.3 Å². The number of nitrogens with zero attached hydrogens (tertiary/aromatic N) is 2. The Morgan fingerprint density at radius 1 is 1.00 bits per heavy atom. The number of carbonyl (C=O) groups is 2. The molecule has 0 saturated heterocycles. The molecule has 0 aliphatic heterocycles. The van der Waals surface area contributed by atoms with Crippen LogP contribution in [0, 0.1) is 0 Å². The second-order valence-electron chi connectivity index (χ2n) is 10.6. The van der Waals surface area contributed by atoms with E-state index in [0.717, 1.165) is 40.4 Å². The van der Waals surface area contributed by atoms with E-state index in [9.17, 15) is 18.0 Å². The van der Waals surface area contributed by atoms with E-state index in [-0.39, 0.29) is 29.1 Å². The molecule has 1 N–H and O–H groups in total. The second kappa shape index (κ2) is 15.3. The van der Waals surface area contributed by atoms with E-state index in [1.165, 1.54) is 28.8 Å². The molecule has 0 heterocycles. The van der Waals surface area contributed by atoms with Gasteiger partial charge in [-0.2, -0.15) is 0 Å². The van der Waals surface area contributed by atoms with Gasteiger partial charge in [0.25, 0.3) is 10.0 Å². The van der Waals surface area contributed by atoms with Gasteiger partial charge in [-0.15, -0.1) is 11.8 Å². The smallest absolute Gasteiger partial charge is 0.264 e. The van der Waals surface area contributed by atoms with Crippen molar-refractivity contribution in [1.82, 2.24) is 10.2 Å². The maximum Gasteiger partial charge on any atom is 0.264 e. The summed E-state index contributed by atoms with van der Waals surface area (Å²) in [6.07, 6.45) is 5.82. The maximum atomic E-state index is 14.3. The van der Waals surface area contributed by atoms with Crippen molar-refractivity contribution in [3.8, 4) is 11.5 Å². The lowest BCUT2D eigenvalue weighted by molar-refractivity contribution is -0.139. The van der Waals surface area contributed by atoms with Crippen molar-refractivity contribution in [3.05, 3.63) is 78.4 Å². The van der Waals surface area contributed by atoms with Gasteiger partial charge in [-0.25, -0.2) is 8.42 Å². The molecular weight excluding hydrogens is 599 g/mol. The molecule has 1 aliphatic carbocycles. The molecule has 44 heavy (non-hydrogen) atoms. The molecule has 3 aromatic carbocycles. The van der Waals surface area contributed by atoms with Gasteiger partial charge in [-0.05, 0) is 87.0 Å². The van der Waals surface area contributed by atoms with Gasteiger partial charge < -0.3 is 19.7 Å². The van der Waals surface area contributed by atoms with E-state index in [4.69, 9.17) is 9.47 Å². The molecule has 11 heteroatoms. The van der Waals surface area contributed by atoms with E-state index in [2.05, 4.69) is 5.32 Å². The standard InChI is InChI=1S/C33H41N3O6S2/c1-5-42-31-13-9-8-12-30(31)36(44(39,40)29-20-18-28(43-4)19-21-29)23-32(37)35(22-25-14-16-27(41-3)17-15-25)24(2)33(38)34-26-10-6-7-11-26/h8-9,12-21,24,26H,5-7,10-11,22-23H2,1-4H3,(H,34,38). The average molecular weight is 640 g/mol. The number of para-hydroxylation sites is 2. The van der Waals surface area contributed by atoms with Crippen LogP contribution in [0.2, 0.25) is 0 Å². The Kier molecular flexibility index (Phi) is 11.6. The highest BCUT2D eigenvalue weighted by Crippen LogP contribution is 2.33. The predicted molar refractivity (Wildman–Crippen MR) is 174 cm³/mol. The number of ether oxygens (including phenoxy) is 2. The first-order valence-electron chi connectivity index (χ1n) is 14.8. The van der Waals surface area contributed by atoms with Gasteiger partial charge in [0, 0.05) is 17.5 Å². The minimum absolute atomic E-state index is 0.0446. The second-order valence-corrected chi connectivity index (χ2v) is 13.4. The SMILES string of the molecule is CCOc1ccccc1N(CC(=O)N(Cc1ccc(OC)cc1)C(C)C(=O)NC1CCCC1)S(=O)(=O)c1ccc(SC)cc1. The third-order valence-electron chi connectivity index (χ3n) is 7.74. The third-order valence-corrected chi connectivity index (χ3v) is 10.3. The first kappa shape index (κ1) is 33.2. The zero-order valence-corrected chi connectivity index (χ0v) is 27.3. The summed E-state index contributed by atoms with van der Waals surface area (Å²) in [7, 11) is -2.64. The van der Waals surface area contributed by atoms with E-state index in [0.29, 0.717) is 18.1 Å². The van der Waals surface area contributed by atoms with Crippen LogP contribution in [0.4, 0.5) is 5.69 Å². The number of carbonyl (C=O) groups excluding carboxylic acids is 2. The number of amides is 2. The first-order chi connectivity index (χ1) is 21.2. The van der Waals surface area contributed by atoms with Crippen molar-refractivity contribution in [1.29, 1.82) is 0 Å². The lowest BCUT2D eigenvalue weighted by Gasteiger charge is -2.33. The maximum absolute atomic E-state index is 14.3. The number of benzene rings is 3. The molecule has 0 radical (unpaired) electrons. The Hall–Kier alpha value is -3.70. The van der Waals surface area contributed by atoms with Gasteiger partial charge in [0.15, 0.2) is 0 Å². The van der Waals surface area contributed by atoms with Crippen LogP contribution in [0.25, 0.3) is 0 Å². The summed E-state index contributed by atoms with van der Waals surface area (Å²) >= 11 is 1.50. The van der Waals surface area contributed by atoms with Gasteiger partial charge in [0.2, 0.25) is 11.8 Å². The Bertz CT molecular complexity index is 1510. The highest BCUT2D eigenvalue weighted by Gasteiger charge is 2.34. The quantitative estimate of drug-likeness (QED) is 0.233. The molecule has 0 bridgehead atoms. The van der Waals surface area contributed by atoms with Crippen molar-refractivity contribution in [2.45, 2.75) is 68.0 Å². The van der Waals surface area contributed by atoms with Crippen LogP contribution in [0.5, 0.6) is 11.5 Å². The summed E-state index contributed by atoms with van der Waals surface area (Å²) < 4.78 is 40.6. The number of anilines is 1. The van der Waals surface area contributed by atoms with Gasteiger partial charge in [0.05, 0.1) is 24.3 Å². The lowest BCUT2D eigenvalue weighted by atomic mass is 10.1. The monoisotopic (exact) mass is 639 g/mol. The molecule has 1 aliphatic rings. The Morgan fingerprint density at radius 3 is 2.27 bits per heavy atom. The number of hydrogen-bond donors (Lipinski definition) is 1. The van der Waals surface area contributed by atoms with Gasteiger partial charge >= 0.3 is 0 Å². The zero-order chi connectivity index (χ0) is 31.7. The van der Waals surface area contributed by atoms with E-state index >= 15 is 0 Å². The van der Waals surface area contributed by atoms with Crippen LogP contribution in [-0.4, -0.2) is 63.7 Å². The van der Waals surface area contributed by atoms with E-state index in [1.54, 1.807) is 62.6 Å². The van der Waals surface area contributed by atoms with E-state index < -0.39 is 28.5 Å². The highest BCUT2D eigenvalue weighted by atomic mass is 32.2. The highest BCUT2D eigenvalue weighted by molar-refractivity contribution is 7.98. The van der Waals surface area contributed by atoms with Crippen LogP contribution in [0.1, 0.15) is 45.1 Å². The average Bonchev–Trinajstić information content (AvgIpc) is 3.56. The Balaban J connectivity index is 1.72.